The highest BCUT2D eigenvalue weighted by molar-refractivity contribution is 7.99. The lowest BCUT2D eigenvalue weighted by Gasteiger charge is -2.25. The van der Waals surface area contributed by atoms with E-state index in [4.69, 9.17) is 0 Å². The van der Waals surface area contributed by atoms with Gasteiger partial charge in [-0.1, -0.05) is 43.2 Å². The molecule has 0 aliphatic heterocycles. The number of carbonyl (C=O) groups is 1. The van der Waals surface area contributed by atoms with Gasteiger partial charge in [0.2, 0.25) is 0 Å². The summed E-state index contributed by atoms with van der Waals surface area (Å²) in [5.74, 6) is 1.62. The molecule has 0 aromatic carbocycles. The summed E-state index contributed by atoms with van der Waals surface area (Å²) in [5, 5.41) is 13.9. The smallest absolute Gasteiger partial charge is 0.191 e. The van der Waals surface area contributed by atoms with Crippen molar-refractivity contribution in [2.24, 2.45) is 0 Å². The van der Waals surface area contributed by atoms with Crippen LogP contribution in [0.2, 0.25) is 0 Å². The summed E-state index contributed by atoms with van der Waals surface area (Å²) >= 11 is 4.79. The predicted molar refractivity (Wildman–Crippen MR) is 109 cm³/mol. The highest BCUT2D eigenvalue weighted by Crippen LogP contribution is 2.33. The van der Waals surface area contributed by atoms with Gasteiger partial charge in [0, 0.05) is 17.3 Å². The number of ketones is 1. The topological polar surface area (TPSA) is 47.8 Å². The van der Waals surface area contributed by atoms with Gasteiger partial charge < -0.3 is 4.57 Å². The number of nitrogens with zero attached hydrogens (tertiary/aromatic N) is 3. The Morgan fingerprint density at radius 2 is 1.92 bits per heavy atom. The molecule has 4 rings (SSSR count). The lowest BCUT2D eigenvalue weighted by molar-refractivity contribution is 0.102. The minimum Gasteiger partial charge on any atom is -0.303 e. The van der Waals surface area contributed by atoms with Crippen LogP contribution in [0.3, 0.4) is 0 Å². The van der Waals surface area contributed by atoms with E-state index >= 15 is 0 Å². The summed E-state index contributed by atoms with van der Waals surface area (Å²) in [5.41, 5.74) is 0. The lowest BCUT2D eigenvalue weighted by atomic mass is 9.95. The van der Waals surface area contributed by atoms with E-state index in [1.165, 1.54) is 60.1 Å². The fraction of sp³-hybridized carbons (Fsp3) is 0.421. The Morgan fingerprint density at radius 1 is 1.12 bits per heavy atom. The van der Waals surface area contributed by atoms with Gasteiger partial charge in [0.15, 0.2) is 10.9 Å². The number of thioether (sulfide) groups is 1. The van der Waals surface area contributed by atoms with Crippen LogP contribution in [0, 0.1) is 0 Å². The lowest BCUT2D eigenvalue weighted by Crippen LogP contribution is -2.17. The van der Waals surface area contributed by atoms with Crippen LogP contribution in [0.15, 0.2) is 40.2 Å². The molecular weight excluding hydrogens is 382 g/mol. The van der Waals surface area contributed by atoms with Crippen LogP contribution in [-0.4, -0.2) is 26.3 Å². The maximum absolute atomic E-state index is 12.4. The monoisotopic (exact) mass is 403 g/mol. The van der Waals surface area contributed by atoms with Crippen LogP contribution in [0.4, 0.5) is 0 Å². The van der Waals surface area contributed by atoms with Gasteiger partial charge in [-0.3, -0.25) is 4.79 Å². The first-order chi connectivity index (χ1) is 12.8. The second kappa shape index (κ2) is 8.50. The zero-order chi connectivity index (χ0) is 17.8. The molecule has 0 bridgehead atoms. The first kappa shape index (κ1) is 17.9. The van der Waals surface area contributed by atoms with Crippen LogP contribution in [0.25, 0.3) is 0 Å². The quantitative estimate of drug-likeness (QED) is 0.387. The van der Waals surface area contributed by atoms with Gasteiger partial charge in [0.05, 0.1) is 10.6 Å². The van der Waals surface area contributed by atoms with Crippen molar-refractivity contribution in [2.45, 2.75) is 49.7 Å². The molecule has 3 aromatic heterocycles. The van der Waals surface area contributed by atoms with Crippen molar-refractivity contribution in [3.63, 3.8) is 0 Å². The average molecular weight is 404 g/mol. The summed E-state index contributed by atoms with van der Waals surface area (Å²) < 4.78 is 2.32. The molecule has 0 N–H and O–H groups in total. The van der Waals surface area contributed by atoms with Crippen LogP contribution in [0.5, 0.6) is 0 Å². The zero-order valence-electron chi connectivity index (χ0n) is 14.5. The molecule has 3 aromatic rings. The third-order valence-electron chi connectivity index (χ3n) is 4.72. The Kier molecular flexibility index (Phi) is 5.87. The first-order valence-corrected chi connectivity index (χ1v) is 11.7. The molecule has 0 amide bonds. The molecule has 0 radical (unpaired) electrons. The van der Waals surface area contributed by atoms with Crippen molar-refractivity contribution in [1.82, 2.24) is 14.8 Å². The van der Waals surface area contributed by atoms with E-state index in [0.717, 1.165) is 22.3 Å². The third kappa shape index (κ3) is 4.10. The summed E-state index contributed by atoms with van der Waals surface area (Å²) in [7, 11) is 0. The highest BCUT2D eigenvalue weighted by atomic mass is 32.2. The number of hydrogen-bond acceptors (Lipinski definition) is 6. The maximum atomic E-state index is 12.4. The standard InChI is InChI=1S/C19H21N3OS3/c23-16(17-9-5-11-25-17)13-26-19-21-20-18(12-15-8-4-10-24-15)22(19)14-6-2-1-3-7-14/h4-5,8-11,14H,1-3,6-7,12-13H2. The van der Waals surface area contributed by atoms with Gasteiger partial charge in [0.1, 0.15) is 5.82 Å². The minimum atomic E-state index is 0.169. The molecule has 0 unspecified atom stereocenters. The predicted octanol–water partition coefficient (Wildman–Crippen LogP) is 5.47. The fourth-order valence-electron chi connectivity index (χ4n) is 3.44. The van der Waals surface area contributed by atoms with E-state index in [0.29, 0.717) is 11.8 Å². The van der Waals surface area contributed by atoms with Gasteiger partial charge >= 0.3 is 0 Å². The van der Waals surface area contributed by atoms with Gasteiger partial charge in [-0.15, -0.1) is 32.9 Å². The first-order valence-electron chi connectivity index (χ1n) is 8.97. The third-order valence-corrected chi connectivity index (χ3v) is 7.45. The van der Waals surface area contributed by atoms with Crippen molar-refractivity contribution >= 4 is 40.2 Å². The maximum Gasteiger partial charge on any atom is 0.191 e. The van der Waals surface area contributed by atoms with Crippen LogP contribution < -0.4 is 0 Å². The van der Waals surface area contributed by atoms with Crippen molar-refractivity contribution in [1.29, 1.82) is 0 Å². The Morgan fingerprint density at radius 3 is 2.65 bits per heavy atom. The highest BCUT2D eigenvalue weighted by Gasteiger charge is 2.24. The number of thiophene rings is 2. The van der Waals surface area contributed by atoms with Gasteiger partial charge in [0.25, 0.3) is 0 Å². The Bertz CT molecular complexity index is 834. The number of rotatable bonds is 7. The molecule has 1 aliphatic carbocycles. The van der Waals surface area contributed by atoms with Crippen molar-refractivity contribution in [3.8, 4) is 0 Å². The Hall–Kier alpha value is -1.44. The molecule has 1 aliphatic rings. The number of carbonyl (C=O) groups excluding carboxylic acids is 1. The second-order valence-corrected chi connectivity index (χ2v) is 9.43. The summed E-state index contributed by atoms with van der Waals surface area (Å²) in [4.78, 5) is 14.5. The summed E-state index contributed by atoms with van der Waals surface area (Å²) in [6.45, 7) is 0. The van der Waals surface area contributed by atoms with Crippen LogP contribution in [0.1, 0.15) is 58.5 Å². The SMILES string of the molecule is O=C(CSc1nnc(Cc2cccs2)n1C1CCCCC1)c1cccs1. The van der Waals surface area contributed by atoms with Crippen LogP contribution in [-0.2, 0) is 6.42 Å². The van der Waals surface area contributed by atoms with E-state index in [1.54, 1.807) is 11.3 Å². The Labute approximate surface area is 165 Å². The molecule has 0 spiro atoms. The zero-order valence-corrected chi connectivity index (χ0v) is 16.9. The van der Waals surface area contributed by atoms with E-state index in [9.17, 15) is 4.79 Å². The van der Waals surface area contributed by atoms with Crippen molar-refractivity contribution in [3.05, 3.63) is 50.6 Å². The molecule has 0 atom stereocenters. The fourth-order valence-corrected chi connectivity index (χ4v) is 5.80. The molecule has 26 heavy (non-hydrogen) atoms. The molecule has 4 nitrogen and oxygen atoms in total. The molecule has 7 heteroatoms. The average Bonchev–Trinajstić information content (AvgIpc) is 3.43. The number of hydrogen-bond donors (Lipinski definition) is 0. The number of Topliss-reactive ketones (excluding diaryl/α,β-unsaturated/α-hetero) is 1. The normalized spacial score (nSPS) is 15.4. The van der Waals surface area contributed by atoms with Gasteiger partial charge in [-0.2, -0.15) is 0 Å². The largest absolute Gasteiger partial charge is 0.303 e. The van der Waals surface area contributed by atoms with E-state index in [-0.39, 0.29) is 5.78 Å². The van der Waals surface area contributed by atoms with Gasteiger partial charge in [-0.25, -0.2) is 0 Å². The van der Waals surface area contributed by atoms with E-state index < -0.39 is 0 Å². The van der Waals surface area contributed by atoms with Crippen molar-refractivity contribution in [2.75, 3.05) is 5.75 Å². The second-order valence-electron chi connectivity index (χ2n) is 6.51. The number of aromatic nitrogens is 3. The molecule has 1 fully saturated rings. The summed E-state index contributed by atoms with van der Waals surface area (Å²) in [6.07, 6.45) is 7.03. The Balaban J connectivity index is 1.54. The molecule has 3 heterocycles. The summed E-state index contributed by atoms with van der Waals surface area (Å²) in [6, 6.07) is 8.51. The molecular formula is C19H21N3OS3. The molecule has 1 saturated carbocycles. The van der Waals surface area contributed by atoms with Crippen LogP contribution >= 0.6 is 34.4 Å². The van der Waals surface area contributed by atoms with Gasteiger partial charge in [-0.05, 0) is 35.7 Å². The van der Waals surface area contributed by atoms with E-state index in [2.05, 4.69) is 32.3 Å². The molecule has 0 saturated heterocycles. The van der Waals surface area contributed by atoms with Crippen molar-refractivity contribution < 1.29 is 4.79 Å². The van der Waals surface area contributed by atoms with E-state index in [1.807, 2.05) is 17.5 Å². The molecule has 136 valence electrons. The minimum absolute atomic E-state index is 0.169.